The van der Waals surface area contributed by atoms with E-state index in [0.29, 0.717) is 12.0 Å². The van der Waals surface area contributed by atoms with Crippen molar-refractivity contribution in [1.29, 1.82) is 0 Å². The van der Waals surface area contributed by atoms with Gasteiger partial charge < -0.3 is 15.0 Å². The Balaban J connectivity index is 2.17. The first-order valence-corrected chi connectivity index (χ1v) is 6.11. The molecular weight excluding hydrogens is 214 g/mol. The van der Waals surface area contributed by atoms with Gasteiger partial charge in [-0.25, -0.2) is 4.98 Å². The van der Waals surface area contributed by atoms with E-state index in [1.54, 1.807) is 7.11 Å². The molecule has 2 N–H and O–H groups in total. The van der Waals surface area contributed by atoms with Gasteiger partial charge in [-0.15, -0.1) is 0 Å². The topological polar surface area (TPSA) is 53.1 Å². The average molecular weight is 231 g/mol. The van der Waals surface area contributed by atoms with Crippen LogP contribution in [0.25, 0.3) is 11.0 Å². The highest BCUT2D eigenvalue weighted by atomic mass is 16.5. The summed E-state index contributed by atoms with van der Waals surface area (Å²) in [5.41, 5.74) is 8.08. The zero-order valence-electron chi connectivity index (χ0n) is 10.0. The van der Waals surface area contributed by atoms with E-state index in [1.807, 2.05) is 18.2 Å². The molecule has 1 aliphatic rings. The fourth-order valence-corrected chi connectivity index (χ4v) is 2.76. The maximum Gasteiger partial charge on any atom is 0.201 e. The smallest absolute Gasteiger partial charge is 0.201 e. The van der Waals surface area contributed by atoms with Crippen LogP contribution in [0.4, 0.5) is 5.95 Å². The second-order valence-corrected chi connectivity index (χ2v) is 4.63. The van der Waals surface area contributed by atoms with Gasteiger partial charge in [-0.05, 0) is 25.0 Å². The molecule has 1 heterocycles. The maximum absolute atomic E-state index is 6.04. The van der Waals surface area contributed by atoms with Gasteiger partial charge in [-0.3, -0.25) is 0 Å². The minimum atomic E-state index is 0.507. The van der Waals surface area contributed by atoms with Crippen LogP contribution in [0.15, 0.2) is 18.2 Å². The monoisotopic (exact) mass is 231 g/mol. The predicted octanol–water partition coefficient (Wildman–Crippen LogP) is 2.74. The average Bonchev–Trinajstić information content (AvgIpc) is 2.93. The minimum absolute atomic E-state index is 0.507. The van der Waals surface area contributed by atoms with E-state index in [2.05, 4.69) is 9.55 Å². The number of aromatic nitrogens is 2. The molecule has 0 spiro atoms. The van der Waals surface area contributed by atoms with E-state index < -0.39 is 0 Å². The number of ether oxygens (including phenoxy) is 1. The zero-order valence-corrected chi connectivity index (χ0v) is 10.0. The van der Waals surface area contributed by atoms with Gasteiger partial charge in [0.15, 0.2) is 0 Å². The van der Waals surface area contributed by atoms with Crippen LogP contribution in [-0.4, -0.2) is 16.7 Å². The molecule has 0 amide bonds. The van der Waals surface area contributed by atoms with Gasteiger partial charge in [-0.2, -0.15) is 0 Å². The lowest BCUT2D eigenvalue weighted by atomic mass is 10.2. The minimum Gasteiger partial charge on any atom is -0.497 e. The summed E-state index contributed by atoms with van der Waals surface area (Å²) < 4.78 is 7.44. The van der Waals surface area contributed by atoms with Crippen LogP contribution in [0, 0.1) is 0 Å². The van der Waals surface area contributed by atoms with Gasteiger partial charge in [0.1, 0.15) is 5.75 Å². The summed E-state index contributed by atoms with van der Waals surface area (Å²) >= 11 is 0. The fraction of sp³-hybridized carbons (Fsp3) is 0.462. The number of nitrogens with two attached hydrogens (primary N) is 1. The number of benzene rings is 1. The van der Waals surface area contributed by atoms with Crippen LogP contribution in [0.3, 0.4) is 0 Å². The second-order valence-electron chi connectivity index (χ2n) is 4.63. The van der Waals surface area contributed by atoms with Crippen molar-refractivity contribution >= 4 is 17.0 Å². The number of fused-ring (bicyclic) bond motifs is 1. The standard InChI is InChI=1S/C13H17N3O/c1-17-10-6-7-11-12(8-10)16(13(14)15-11)9-4-2-3-5-9/h6-9H,2-5H2,1H3,(H2,14,15). The van der Waals surface area contributed by atoms with E-state index >= 15 is 0 Å². The highest BCUT2D eigenvalue weighted by molar-refractivity contribution is 5.80. The van der Waals surface area contributed by atoms with Crippen molar-refractivity contribution in [2.24, 2.45) is 0 Å². The molecule has 17 heavy (non-hydrogen) atoms. The summed E-state index contributed by atoms with van der Waals surface area (Å²) in [6.07, 6.45) is 4.97. The first kappa shape index (κ1) is 10.4. The van der Waals surface area contributed by atoms with E-state index in [0.717, 1.165) is 16.8 Å². The number of nitrogens with zero attached hydrogens (tertiary/aromatic N) is 2. The Morgan fingerprint density at radius 3 is 2.82 bits per heavy atom. The van der Waals surface area contributed by atoms with E-state index in [-0.39, 0.29) is 0 Å². The Kier molecular flexibility index (Phi) is 2.42. The Morgan fingerprint density at radius 1 is 1.35 bits per heavy atom. The van der Waals surface area contributed by atoms with Gasteiger partial charge in [0.2, 0.25) is 5.95 Å². The molecular formula is C13H17N3O. The third-order valence-corrected chi connectivity index (χ3v) is 3.61. The predicted molar refractivity (Wildman–Crippen MR) is 68.2 cm³/mol. The van der Waals surface area contributed by atoms with Crippen molar-refractivity contribution in [3.63, 3.8) is 0 Å². The fourth-order valence-electron chi connectivity index (χ4n) is 2.76. The van der Waals surface area contributed by atoms with Crippen molar-refractivity contribution in [2.45, 2.75) is 31.7 Å². The molecule has 4 heteroatoms. The van der Waals surface area contributed by atoms with Crippen LogP contribution < -0.4 is 10.5 Å². The Hall–Kier alpha value is -1.71. The molecule has 0 unspecified atom stereocenters. The molecule has 2 aromatic rings. The van der Waals surface area contributed by atoms with Crippen LogP contribution in [0.5, 0.6) is 5.75 Å². The summed E-state index contributed by atoms with van der Waals surface area (Å²) in [7, 11) is 1.68. The summed E-state index contributed by atoms with van der Waals surface area (Å²) in [5.74, 6) is 1.48. The van der Waals surface area contributed by atoms with Crippen LogP contribution in [0.1, 0.15) is 31.7 Å². The Labute approximate surface area is 100 Å². The molecule has 1 saturated carbocycles. The number of imidazole rings is 1. The molecule has 3 rings (SSSR count). The molecule has 1 aromatic heterocycles. The Bertz CT molecular complexity index is 541. The lowest BCUT2D eigenvalue weighted by Crippen LogP contribution is -2.08. The van der Waals surface area contributed by atoms with Crippen LogP contribution >= 0.6 is 0 Å². The second kappa shape index (κ2) is 3.95. The van der Waals surface area contributed by atoms with Crippen molar-refractivity contribution in [3.05, 3.63) is 18.2 Å². The highest BCUT2D eigenvalue weighted by Gasteiger charge is 2.21. The third-order valence-electron chi connectivity index (χ3n) is 3.61. The van der Waals surface area contributed by atoms with Crippen molar-refractivity contribution in [1.82, 2.24) is 9.55 Å². The number of hydrogen-bond acceptors (Lipinski definition) is 3. The van der Waals surface area contributed by atoms with E-state index in [4.69, 9.17) is 10.5 Å². The highest BCUT2D eigenvalue weighted by Crippen LogP contribution is 2.35. The molecule has 4 nitrogen and oxygen atoms in total. The van der Waals surface area contributed by atoms with Crippen molar-refractivity contribution < 1.29 is 4.74 Å². The number of nitrogen functional groups attached to an aromatic ring is 1. The normalized spacial score (nSPS) is 16.8. The maximum atomic E-state index is 6.04. The third kappa shape index (κ3) is 1.64. The molecule has 0 atom stereocenters. The van der Waals surface area contributed by atoms with Gasteiger partial charge in [0.25, 0.3) is 0 Å². The van der Waals surface area contributed by atoms with E-state index in [1.165, 1.54) is 25.7 Å². The molecule has 1 aromatic carbocycles. The van der Waals surface area contributed by atoms with Crippen molar-refractivity contribution in [3.8, 4) is 5.75 Å². The summed E-state index contributed by atoms with van der Waals surface area (Å²) in [6.45, 7) is 0. The number of anilines is 1. The van der Waals surface area contributed by atoms with Gasteiger partial charge in [-0.1, -0.05) is 12.8 Å². The van der Waals surface area contributed by atoms with E-state index in [9.17, 15) is 0 Å². The van der Waals surface area contributed by atoms with Gasteiger partial charge in [0, 0.05) is 12.1 Å². The van der Waals surface area contributed by atoms with Gasteiger partial charge in [0.05, 0.1) is 18.1 Å². The molecule has 1 fully saturated rings. The largest absolute Gasteiger partial charge is 0.497 e. The first-order chi connectivity index (χ1) is 8.29. The summed E-state index contributed by atoms with van der Waals surface area (Å²) in [5, 5.41) is 0. The molecule has 0 bridgehead atoms. The molecule has 0 aliphatic heterocycles. The number of hydrogen-bond donors (Lipinski definition) is 1. The van der Waals surface area contributed by atoms with Crippen molar-refractivity contribution in [2.75, 3.05) is 12.8 Å². The molecule has 1 aliphatic carbocycles. The molecule has 0 radical (unpaired) electrons. The van der Waals surface area contributed by atoms with Crippen LogP contribution in [-0.2, 0) is 0 Å². The SMILES string of the molecule is COc1ccc2nc(N)n(C3CCCC3)c2c1. The quantitative estimate of drug-likeness (QED) is 0.864. The van der Waals surface area contributed by atoms with Crippen LogP contribution in [0.2, 0.25) is 0 Å². The Morgan fingerprint density at radius 2 is 2.12 bits per heavy atom. The zero-order chi connectivity index (χ0) is 11.8. The summed E-state index contributed by atoms with van der Waals surface area (Å²) in [6, 6.07) is 6.42. The summed E-state index contributed by atoms with van der Waals surface area (Å²) in [4.78, 5) is 4.42. The molecule has 0 saturated heterocycles. The lowest BCUT2D eigenvalue weighted by Gasteiger charge is -2.14. The lowest BCUT2D eigenvalue weighted by molar-refractivity contribution is 0.415. The molecule has 90 valence electrons. The first-order valence-electron chi connectivity index (χ1n) is 6.11. The van der Waals surface area contributed by atoms with Gasteiger partial charge >= 0.3 is 0 Å². The number of methoxy groups -OCH3 is 1. The number of rotatable bonds is 2.